The minimum Gasteiger partial charge on any atom is -0.486 e. The number of ether oxygens (including phenoxy) is 2. The van der Waals surface area contributed by atoms with Crippen LogP contribution in [0.1, 0.15) is 17.5 Å². The minimum atomic E-state index is 0.626. The smallest absolute Gasteiger partial charge is 0.164 e. The highest BCUT2D eigenvalue weighted by molar-refractivity contribution is 9.10. The maximum atomic E-state index is 5.65. The van der Waals surface area contributed by atoms with Crippen molar-refractivity contribution in [3.8, 4) is 11.5 Å². The molecule has 0 saturated carbocycles. The third-order valence-corrected chi connectivity index (χ3v) is 3.49. The van der Waals surface area contributed by atoms with Gasteiger partial charge in [-0.2, -0.15) is 0 Å². The molecule has 1 aromatic carbocycles. The summed E-state index contributed by atoms with van der Waals surface area (Å²) in [7, 11) is 0. The Morgan fingerprint density at radius 2 is 2.12 bits per heavy atom. The van der Waals surface area contributed by atoms with E-state index in [-0.39, 0.29) is 0 Å². The van der Waals surface area contributed by atoms with Crippen LogP contribution in [0.3, 0.4) is 0 Å². The highest BCUT2D eigenvalue weighted by atomic mass is 79.9. The summed E-state index contributed by atoms with van der Waals surface area (Å²) < 4.78 is 12.3. The van der Waals surface area contributed by atoms with Crippen molar-refractivity contribution in [2.24, 2.45) is 5.73 Å². The Kier molecular flexibility index (Phi) is 3.71. The van der Waals surface area contributed by atoms with E-state index in [0.29, 0.717) is 19.8 Å². The van der Waals surface area contributed by atoms with Gasteiger partial charge in [-0.25, -0.2) is 0 Å². The summed E-state index contributed by atoms with van der Waals surface area (Å²) in [6.45, 7) is 4.04. The summed E-state index contributed by atoms with van der Waals surface area (Å²) >= 11 is 3.58. The van der Waals surface area contributed by atoms with Crippen molar-refractivity contribution in [2.75, 3.05) is 19.8 Å². The van der Waals surface area contributed by atoms with Crippen LogP contribution in [-0.2, 0) is 6.42 Å². The average Bonchev–Trinajstić information content (AvgIpc) is 2.29. The van der Waals surface area contributed by atoms with Crippen molar-refractivity contribution in [1.82, 2.24) is 0 Å². The molecule has 0 aromatic heterocycles. The first-order chi connectivity index (χ1) is 7.74. The van der Waals surface area contributed by atoms with E-state index < -0.39 is 0 Å². The fourth-order valence-corrected chi connectivity index (χ4v) is 2.64. The van der Waals surface area contributed by atoms with Gasteiger partial charge in [-0.1, -0.05) is 15.9 Å². The van der Waals surface area contributed by atoms with Crippen molar-refractivity contribution >= 4 is 15.9 Å². The van der Waals surface area contributed by atoms with Gasteiger partial charge in [-0.15, -0.1) is 0 Å². The molecular formula is C12H16BrNO2. The fourth-order valence-electron chi connectivity index (χ4n) is 1.94. The number of rotatable bonds is 3. The van der Waals surface area contributed by atoms with E-state index in [1.54, 1.807) is 0 Å². The zero-order valence-electron chi connectivity index (χ0n) is 9.38. The number of halogens is 1. The molecule has 88 valence electrons. The lowest BCUT2D eigenvalue weighted by atomic mass is 10.0. The first-order valence-electron chi connectivity index (χ1n) is 5.51. The first-order valence-corrected chi connectivity index (χ1v) is 6.31. The molecule has 1 heterocycles. The van der Waals surface area contributed by atoms with E-state index in [2.05, 4.69) is 22.9 Å². The average molecular weight is 286 g/mol. The van der Waals surface area contributed by atoms with Crippen LogP contribution >= 0.6 is 15.9 Å². The summed E-state index contributed by atoms with van der Waals surface area (Å²) in [6, 6.07) is 1.99. The predicted octanol–water partition coefficient (Wildman–Crippen LogP) is 2.42. The van der Waals surface area contributed by atoms with Crippen molar-refractivity contribution in [1.29, 1.82) is 0 Å². The Bertz CT molecular complexity index is 393. The van der Waals surface area contributed by atoms with E-state index in [4.69, 9.17) is 15.2 Å². The number of hydrogen-bond acceptors (Lipinski definition) is 3. The zero-order valence-corrected chi connectivity index (χ0v) is 11.0. The van der Waals surface area contributed by atoms with Gasteiger partial charge in [0.2, 0.25) is 0 Å². The number of benzene rings is 1. The molecule has 0 fully saturated rings. The van der Waals surface area contributed by atoms with Crippen molar-refractivity contribution in [3.63, 3.8) is 0 Å². The number of nitrogens with two attached hydrogens (primary N) is 1. The van der Waals surface area contributed by atoms with Gasteiger partial charge in [-0.05, 0) is 43.5 Å². The van der Waals surface area contributed by atoms with Crippen molar-refractivity contribution in [2.45, 2.75) is 19.8 Å². The molecular weight excluding hydrogens is 270 g/mol. The quantitative estimate of drug-likeness (QED) is 0.928. The monoisotopic (exact) mass is 285 g/mol. The molecule has 4 heteroatoms. The van der Waals surface area contributed by atoms with Crippen LogP contribution in [0.4, 0.5) is 0 Å². The van der Waals surface area contributed by atoms with Gasteiger partial charge in [0.25, 0.3) is 0 Å². The Labute approximate surface area is 104 Å². The molecule has 0 bridgehead atoms. The van der Waals surface area contributed by atoms with E-state index in [9.17, 15) is 0 Å². The van der Waals surface area contributed by atoms with Crippen LogP contribution in [0.2, 0.25) is 0 Å². The van der Waals surface area contributed by atoms with Crippen LogP contribution in [0.15, 0.2) is 10.5 Å². The second kappa shape index (κ2) is 5.06. The van der Waals surface area contributed by atoms with Gasteiger partial charge in [0.05, 0.1) is 0 Å². The van der Waals surface area contributed by atoms with Crippen LogP contribution in [0.25, 0.3) is 0 Å². The van der Waals surface area contributed by atoms with E-state index in [0.717, 1.165) is 34.4 Å². The van der Waals surface area contributed by atoms with Gasteiger partial charge in [0.15, 0.2) is 11.5 Å². The third-order valence-electron chi connectivity index (χ3n) is 2.78. The Balaban J connectivity index is 2.37. The molecule has 0 amide bonds. The standard InChI is InChI=1S/C12H16BrNO2/c1-8-9(3-2-4-14)10(13)7-11-12(8)16-6-5-15-11/h7H,2-6,14H2,1H3. The molecule has 1 aliphatic heterocycles. The van der Waals surface area contributed by atoms with E-state index in [1.165, 1.54) is 5.56 Å². The molecule has 0 radical (unpaired) electrons. The molecule has 2 N–H and O–H groups in total. The summed E-state index contributed by atoms with van der Waals surface area (Å²) in [4.78, 5) is 0. The van der Waals surface area contributed by atoms with Crippen LogP contribution in [-0.4, -0.2) is 19.8 Å². The minimum absolute atomic E-state index is 0.626. The van der Waals surface area contributed by atoms with Gasteiger partial charge in [-0.3, -0.25) is 0 Å². The molecule has 0 saturated heterocycles. The van der Waals surface area contributed by atoms with Crippen LogP contribution in [0.5, 0.6) is 11.5 Å². The molecule has 0 atom stereocenters. The summed E-state index contributed by atoms with van der Waals surface area (Å²) in [5.74, 6) is 1.73. The molecule has 0 aliphatic carbocycles. The summed E-state index contributed by atoms with van der Waals surface area (Å²) in [5, 5.41) is 0. The molecule has 1 aliphatic rings. The fraction of sp³-hybridized carbons (Fsp3) is 0.500. The van der Waals surface area contributed by atoms with Crippen LogP contribution in [0, 0.1) is 6.92 Å². The molecule has 3 nitrogen and oxygen atoms in total. The van der Waals surface area contributed by atoms with Gasteiger partial charge >= 0.3 is 0 Å². The maximum Gasteiger partial charge on any atom is 0.164 e. The molecule has 0 spiro atoms. The van der Waals surface area contributed by atoms with E-state index in [1.807, 2.05) is 6.07 Å². The van der Waals surface area contributed by atoms with Crippen molar-refractivity contribution < 1.29 is 9.47 Å². The van der Waals surface area contributed by atoms with Crippen molar-refractivity contribution in [3.05, 3.63) is 21.7 Å². The topological polar surface area (TPSA) is 44.5 Å². The first kappa shape index (κ1) is 11.7. The Morgan fingerprint density at radius 1 is 1.38 bits per heavy atom. The molecule has 16 heavy (non-hydrogen) atoms. The molecule has 1 aromatic rings. The van der Waals surface area contributed by atoms with Gasteiger partial charge in [0, 0.05) is 4.47 Å². The van der Waals surface area contributed by atoms with Crippen LogP contribution < -0.4 is 15.2 Å². The summed E-state index contributed by atoms with van der Waals surface area (Å²) in [6.07, 6.45) is 1.96. The summed E-state index contributed by atoms with van der Waals surface area (Å²) in [5.41, 5.74) is 7.98. The molecule has 0 unspecified atom stereocenters. The molecule has 2 rings (SSSR count). The number of hydrogen-bond donors (Lipinski definition) is 1. The van der Waals surface area contributed by atoms with Gasteiger partial charge < -0.3 is 15.2 Å². The SMILES string of the molecule is Cc1c(CCCN)c(Br)cc2c1OCCO2. The maximum absolute atomic E-state index is 5.65. The lowest BCUT2D eigenvalue weighted by molar-refractivity contribution is 0.170. The lowest BCUT2D eigenvalue weighted by Gasteiger charge is -2.22. The highest BCUT2D eigenvalue weighted by Crippen LogP contribution is 2.39. The normalized spacial score (nSPS) is 13.9. The second-order valence-electron chi connectivity index (χ2n) is 3.88. The number of fused-ring (bicyclic) bond motifs is 1. The second-order valence-corrected chi connectivity index (χ2v) is 4.73. The highest BCUT2D eigenvalue weighted by Gasteiger charge is 2.18. The predicted molar refractivity (Wildman–Crippen MR) is 67.2 cm³/mol. The zero-order chi connectivity index (χ0) is 11.5. The Hall–Kier alpha value is -0.740. The Morgan fingerprint density at radius 3 is 2.88 bits per heavy atom. The third kappa shape index (κ3) is 2.18. The van der Waals surface area contributed by atoms with E-state index >= 15 is 0 Å². The van der Waals surface area contributed by atoms with Gasteiger partial charge in [0.1, 0.15) is 13.2 Å². The lowest BCUT2D eigenvalue weighted by Crippen LogP contribution is -2.17. The largest absolute Gasteiger partial charge is 0.486 e.